The van der Waals surface area contributed by atoms with Crippen molar-refractivity contribution in [3.63, 3.8) is 0 Å². The number of fused-ring (bicyclic) bond motifs is 1. The number of likely N-dealkylation sites (tertiary alicyclic amines) is 1. The van der Waals surface area contributed by atoms with Gasteiger partial charge in [-0.15, -0.1) is 0 Å². The Morgan fingerprint density at radius 2 is 1.80 bits per heavy atom. The highest BCUT2D eigenvalue weighted by Gasteiger charge is 2.41. The molecule has 0 spiro atoms. The Balaban J connectivity index is 1.54. The van der Waals surface area contributed by atoms with Crippen LogP contribution >= 0.6 is 0 Å². The van der Waals surface area contributed by atoms with Crippen molar-refractivity contribution < 1.29 is 14.9 Å². The summed E-state index contributed by atoms with van der Waals surface area (Å²) in [6, 6.07) is 6.83. The Bertz CT molecular complexity index is 434. The van der Waals surface area contributed by atoms with Crippen LogP contribution in [0.5, 0.6) is 5.75 Å². The molecule has 2 unspecified atom stereocenters. The summed E-state index contributed by atoms with van der Waals surface area (Å²) in [5.41, 5.74) is 0.870. The van der Waals surface area contributed by atoms with E-state index < -0.39 is 6.10 Å². The molecule has 1 aromatic carbocycles. The van der Waals surface area contributed by atoms with E-state index in [2.05, 4.69) is 4.90 Å². The van der Waals surface area contributed by atoms with E-state index in [0.29, 0.717) is 12.6 Å². The number of rotatable bonds is 4. The van der Waals surface area contributed by atoms with E-state index in [0.717, 1.165) is 43.3 Å². The highest BCUT2D eigenvalue weighted by molar-refractivity contribution is 5.27. The number of aliphatic hydroxyl groups excluding tert-OH is 1. The third-order valence-electron chi connectivity index (χ3n) is 4.83. The van der Waals surface area contributed by atoms with Gasteiger partial charge in [-0.2, -0.15) is 0 Å². The first-order valence-electron chi connectivity index (χ1n) is 7.38. The third-order valence-corrected chi connectivity index (χ3v) is 4.83. The quantitative estimate of drug-likeness (QED) is 0.881. The minimum atomic E-state index is -0.479. The number of phenols is 1. The molecule has 4 atom stereocenters. The normalized spacial score (nSPS) is 31.4. The molecule has 1 aliphatic carbocycles. The predicted molar refractivity (Wildman–Crippen MR) is 76.5 cm³/mol. The molecule has 4 heteroatoms. The van der Waals surface area contributed by atoms with Gasteiger partial charge in [0.25, 0.3) is 0 Å². The van der Waals surface area contributed by atoms with E-state index in [9.17, 15) is 10.2 Å². The van der Waals surface area contributed by atoms with Crippen LogP contribution < -0.4 is 0 Å². The highest BCUT2D eigenvalue weighted by atomic mass is 16.5. The summed E-state index contributed by atoms with van der Waals surface area (Å²) in [5.74, 6) is 1.70. The van der Waals surface area contributed by atoms with Crippen LogP contribution in [0.25, 0.3) is 0 Å². The van der Waals surface area contributed by atoms with Gasteiger partial charge in [-0.1, -0.05) is 12.1 Å². The minimum Gasteiger partial charge on any atom is -0.508 e. The molecule has 1 saturated heterocycles. The van der Waals surface area contributed by atoms with Gasteiger partial charge in [0.1, 0.15) is 5.75 Å². The predicted octanol–water partition coefficient (Wildman–Crippen LogP) is 1.78. The fourth-order valence-electron chi connectivity index (χ4n) is 3.73. The second kappa shape index (κ2) is 5.72. The molecule has 0 bridgehead atoms. The first-order chi connectivity index (χ1) is 9.65. The van der Waals surface area contributed by atoms with Crippen molar-refractivity contribution in [2.75, 3.05) is 26.7 Å². The van der Waals surface area contributed by atoms with Crippen molar-refractivity contribution >= 4 is 0 Å². The van der Waals surface area contributed by atoms with Crippen molar-refractivity contribution in [3.8, 4) is 5.75 Å². The van der Waals surface area contributed by atoms with Gasteiger partial charge in [0, 0.05) is 26.7 Å². The summed E-state index contributed by atoms with van der Waals surface area (Å²) in [7, 11) is 1.80. The number of benzene rings is 1. The van der Waals surface area contributed by atoms with Crippen LogP contribution in [0.3, 0.4) is 0 Å². The van der Waals surface area contributed by atoms with E-state index >= 15 is 0 Å². The summed E-state index contributed by atoms with van der Waals surface area (Å²) < 4.78 is 5.45. The van der Waals surface area contributed by atoms with Crippen LogP contribution in [0.1, 0.15) is 24.5 Å². The van der Waals surface area contributed by atoms with E-state index in [1.165, 1.54) is 0 Å². The lowest BCUT2D eigenvalue weighted by molar-refractivity contribution is 0.0877. The second-order valence-electron chi connectivity index (χ2n) is 6.18. The number of hydrogen-bond acceptors (Lipinski definition) is 4. The van der Waals surface area contributed by atoms with Gasteiger partial charge in [0.05, 0.1) is 12.2 Å². The van der Waals surface area contributed by atoms with E-state index in [1.54, 1.807) is 31.4 Å². The van der Waals surface area contributed by atoms with E-state index in [-0.39, 0.29) is 5.75 Å². The maximum absolute atomic E-state index is 10.3. The Labute approximate surface area is 120 Å². The molecule has 4 nitrogen and oxygen atoms in total. The molecule has 2 N–H and O–H groups in total. The summed E-state index contributed by atoms with van der Waals surface area (Å²) in [4.78, 5) is 2.36. The molecule has 20 heavy (non-hydrogen) atoms. The molecule has 0 radical (unpaired) electrons. The topological polar surface area (TPSA) is 52.9 Å². The average Bonchev–Trinajstić information content (AvgIpc) is 2.96. The van der Waals surface area contributed by atoms with Gasteiger partial charge < -0.3 is 14.9 Å². The molecule has 2 aliphatic rings. The fraction of sp³-hybridized carbons (Fsp3) is 0.625. The number of aliphatic hydroxyl groups is 1. The largest absolute Gasteiger partial charge is 0.508 e. The van der Waals surface area contributed by atoms with Crippen LogP contribution in [-0.4, -0.2) is 48.0 Å². The fourth-order valence-corrected chi connectivity index (χ4v) is 3.73. The number of hydrogen-bond donors (Lipinski definition) is 2. The lowest BCUT2D eigenvalue weighted by Crippen LogP contribution is -2.28. The number of aromatic hydroxyl groups is 1. The lowest BCUT2D eigenvalue weighted by Gasteiger charge is -2.22. The molecular weight excluding hydrogens is 254 g/mol. The molecule has 3 rings (SSSR count). The van der Waals surface area contributed by atoms with Crippen molar-refractivity contribution in [1.29, 1.82) is 0 Å². The van der Waals surface area contributed by atoms with Gasteiger partial charge in [-0.05, 0) is 42.4 Å². The van der Waals surface area contributed by atoms with Gasteiger partial charge >= 0.3 is 0 Å². The number of β-amino-alcohol motifs (C(OH)–C–C–N with tert-alkyl or cyclic N) is 1. The van der Waals surface area contributed by atoms with Crippen LogP contribution in [0.15, 0.2) is 24.3 Å². The maximum atomic E-state index is 10.3. The average molecular weight is 277 g/mol. The zero-order chi connectivity index (χ0) is 14.1. The Kier molecular flexibility index (Phi) is 3.96. The zero-order valence-electron chi connectivity index (χ0n) is 11.9. The van der Waals surface area contributed by atoms with Crippen molar-refractivity contribution in [1.82, 2.24) is 4.90 Å². The first-order valence-corrected chi connectivity index (χ1v) is 7.38. The SMILES string of the molecule is COC1C[C@@H]2CN(CC(O)c3ccc(O)cc3)C[C@@H]2C1. The molecule has 1 heterocycles. The zero-order valence-corrected chi connectivity index (χ0v) is 11.9. The highest BCUT2D eigenvalue weighted by Crippen LogP contribution is 2.39. The minimum absolute atomic E-state index is 0.238. The molecule has 1 aromatic rings. The molecule has 0 aromatic heterocycles. The molecular formula is C16H23NO3. The van der Waals surface area contributed by atoms with Crippen LogP contribution in [0.2, 0.25) is 0 Å². The first kappa shape index (κ1) is 13.9. The Morgan fingerprint density at radius 3 is 2.35 bits per heavy atom. The van der Waals surface area contributed by atoms with Gasteiger partial charge in [0.2, 0.25) is 0 Å². The third kappa shape index (κ3) is 2.82. The molecule has 110 valence electrons. The molecule has 0 amide bonds. The Hall–Kier alpha value is -1.10. The van der Waals surface area contributed by atoms with Crippen LogP contribution in [0, 0.1) is 11.8 Å². The monoisotopic (exact) mass is 277 g/mol. The number of phenolic OH excluding ortho intramolecular Hbond substituents is 1. The van der Waals surface area contributed by atoms with Crippen LogP contribution in [0.4, 0.5) is 0 Å². The molecule has 2 fully saturated rings. The standard InChI is InChI=1S/C16H23NO3/c1-20-15-6-12-8-17(9-13(12)7-15)10-16(19)11-2-4-14(18)5-3-11/h2-5,12-13,15-16,18-19H,6-10H2,1H3/t12-,13+,15?,16?. The maximum Gasteiger partial charge on any atom is 0.115 e. The number of ether oxygens (including phenoxy) is 1. The number of nitrogens with zero attached hydrogens (tertiary/aromatic N) is 1. The van der Waals surface area contributed by atoms with Gasteiger partial charge in [-0.25, -0.2) is 0 Å². The second-order valence-corrected chi connectivity index (χ2v) is 6.18. The van der Waals surface area contributed by atoms with Crippen molar-refractivity contribution in [3.05, 3.63) is 29.8 Å². The summed E-state index contributed by atoms with van der Waals surface area (Å²) in [6.07, 6.45) is 2.28. The summed E-state index contributed by atoms with van der Waals surface area (Å²) in [5, 5.41) is 19.6. The van der Waals surface area contributed by atoms with Gasteiger partial charge in [0.15, 0.2) is 0 Å². The summed E-state index contributed by atoms with van der Waals surface area (Å²) >= 11 is 0. The molecule has 1 aliphatic heterocycles. The van der Waals surface area contributed by atoms with E-state index in [1.807, 2.05) is 0 Å². The Morgan fingerprint density at radius 1 is 1.20 bits per heavy atom. The van der Waals surface area contributed by atoms with E-state index in [4.69, 9.17) is 4.74 Å². The molecule has 1 saturated carbocycles. The number of methoxy groups -OCH3 is 1. The lowest BCUT2D eigenvalue weighted by atomic mass is 10.0. The summed E-state index contributed by atoms with van der Waals surface area (Å²) in [6.45, 7) is 2.81. The van der Waals surface area contributed by atoms with Crippen molar-refractivity contribution in [2.45, 2.75) is 25.0 Å². The van der Waals surface area contributed by atoms with Gasteiger partial charge in [-0.3, -0.25) is 4.90 Å². The van der Waals surface area contributed by atoms with Crippen molar-refractivity contribution in [2.24, 2.45) is 11.8 Å². The van der Waals surface area contributed by atoms with Crippen LogP contribution in [-0.2, 0) is 4.74 Å². The smallest absolute Gasteiger partial charge is 0.115 e.